The first-order valence-electron chi connectivity index (χ1n) is 15.5. The number of hydrogen-bond donors (Lipinski definition) is 3. The Morgan fingerprint density at radius 1 is 0.848 bits per heavy atom. The van der Waals surface area contributed by atoms with Crippen LogP contribution < -0.4 is 0 Å². The Labute approximate surface area is 268 Å². The van der Waals surface area contributed by atoms with Gasteiger partial charge in [0.1, 0.15) is 12.2 Å². The molecule has 0 radical (unpaired) electrons. The van der Waals surface area contributed by atoms with Crippen LogP contribution in [0.25, 0.3) is 0 Å². The summed E-state index contributed by atoms with van der Waals surface area (Å²) in [5, 5.41) is 35.8. The second-order valence-corrected chi connectivity index (χ2v) is 14.0. The van der Waals surface area contributed by atoms with Gasteiger partial charge in [0.2, 0.25) is 0 Å². The van der Waals surface area contributed by atoms with Crippen LogP contribution in [0.2, 0.25) is 0 Å². The molecule has 246 valence electrons. The maximum Gasteiger partial charge on any atom is 0.338 e. The van der Waals surface area contributed by atoms with E-state index in [9.17, 15) is 34.5 Å². The van der Waals surface area contributed by atoms with Crippen molar-refractivity contribution in [3.63, 3.8) is 0 Å². The number of fused-ring (bicyclic) bond motifs is 3. The second-order valence-electron chi connectivity index (χ2n) is 14.0. The largest absolute Gasteiger partial charge is 0.455 e. The summed E-state index contributed by atoms with van der Waals surface area (Å²) < 4.78 is 18.2. The van der Waals surface area contributed by atoms with Crippen LogP contribution in [-0.2, 0) is 23.8 Å². The summed E-state index contributed by atoms with van der Waals surface area (Å²) in [5.41, 5.74) is -6.06. The first-order chi connectivity index (χ1) is 21.5. The average molecular weight is 635 g/mol. The SMILES string of the molecule is C=C[C@@]1(C)C[C@@H](O)[C@H]2[C@](O)(C1=O)[C@H](O)C[C@H]1C(C)(C)[C@H](OC(=O)c3ccccc3)[C@H](OC(C)=O)[C@H](OC(=O)c3ccccc3)[C@@]12C. The van der Waals surface area contributed by atoms with Crippen molar-refractivity contribution in [3.05, 3.63) is 84.4 Å². The number of aliphatic hydroxyl groups excluding tert-OH is 2. The van der Waals surface area contributed by atoms with E-state index < -0.39 is 87.9 Å². The third-order valence-electron chi connectivity index (χ3n) is 10.8. The maximum atomic E-state index is 14.1. The van der Waals surface area contributed by atoms with Gasteiger partial charge in [0.15, 0.2) is 17.5 Å². The molecule has 2 aromatic rings. The van der Waals surface area contributed by atoms with Crippen LogP contribution in [0.5, 0.6) is 0 Å². The number of benzene rings is 2. The van der Waals surface area contributed by atoms with Gasteiger partial charge in [-0.2, -0.15) is 0 Å². The molecule has 3 N–H and O–H groups in total. The molecule has 0 bridgehead atoms. The van der Waals surface area contributed by atoms with E-state index in [0.29, 0.717) is 0 Å². The first kappa shape index (κ1) is 33.5. The van der Waals surface area contributed by atoms with Gasteiger partial charge in [-0.3, -0.25) is 9.59 Å². The summed E-state index contributed by atoms with van der Waals surface area (Å²) in [5.74, 6) is -5.11. The average Bonchev–Trinajstić information content (AvgIpc) is 3.02. The van der Waals surface area contributed by atoms with E-state index >= 15 is 0 Å². The van der Waals surface area contributed by atoms with Crippen molar-refractivity contribution in [2.24, 2.45) is 28.1 Å². The highest BCUT2D eigenvalue weighted by atomic mass is 16.6. The van der Waals surface area contributed by atoms with Crippen LogP contribution in [0.3, 0.4) is 0 Å². The lowest BCUT2D eigenvalue weighted by Crippen LogP contribution is -2.80. The highest BCUT2D eigenvalue weighted by Crippen LogP contribution is 2.67. The van der Waals surface area contributed by atoms with E-state index in [0.717, 1.165) is 0 Å². The lowest BCUT2D eigenvalue weighted by Gasteiger charge is -2.68. The Balaban J connectivity index is 1.72. The van der Waals surface area contributed by atoms with Crippen LogP contribution in [0, 0.1) is 28.1 Å². The van der Waals surface area contributed by atoms with Crippen molar-refractivity contribution in [3.8, 4) is 0 Å². The molecule has 2 aromatic carbocycles. The molecule has 0 aromatic heterocycles. The minimum absolute atomic E-state index is 0.123. The molecule has 5 rings (SSSR count). The Morgan fingerprint density at radius 3 is 1.83 bits per heavy atom. The van der Waals surface area contributed by atoms with Gasteiger partial charge in [0.05, 0.1) is 23.3 Å². The maximum absolute atomic E-state index is 14.1. The normalized spacial score (nSPS) is 38.0. The number of ether oxygens (including phenoxy) is 3. The zero-order chi connectivity index (χ0) is 33.8. The number of ketones is 1. The zero-order valence-corrected chi connectivity index (χ0v) is 26.7. The fourth-order valence-corrected chi connectivity index (χ4v) is 8.69. The van der Waals surface area contributed by atoms with Crippen LogP contribution >= 0.6 is 0 Å². The highest BCUT2D eigenvalue weighted by Gasteiger charge is 2.77. The molecule has 0 heterocycles. The smallest absolute Gasteiger partial charge is 0.338 e. The summed E-state index contributed by atoms with van der Waals surface area (Å²) in [6.07, 6.45) is -6.08. The Kier molecular flexibility index (Phi) is 8.55. The van der Waals surface area contributed by atoms with Crippen LogP contribution in [0.4, 0.5) is 0 Å². The van der Waals surface area contributed by atoms with Crippen molar-refractivity contribution < 1.29 is 48.7 Å². The lowest BCUT2D eigenvalue weighted by molar-refractivity contribution is -0.312. The summed E-state index contributed by atoms with van der Waals surface area (Å²) in [6.45, 7) is 11.7. The second kappa shape index (κ2) is 11.7. The van der Waals surface area contributed by atoms with Gasteiger partial charge in [0.25, 0.3) is 0 Å². The molecule has 0 amide bonds. The topological polar surface area (TPSA) is 157 Å². The molecule has 3 aliphatic carbocycles. The summed E-state index contributed by atoms with van der Waals surface area (Å²) in [4.78, 5) is 54.1. The van der Waals surface area contributed by atoms with Gasteiger partial charge in [0, 0.05) is 29.1 Å². The molecular formula is C36H42O10. The van der Waals surface area contributed by atoms with Crippen molar-refractivity contribution in [2.75, 3.05) is 0 Å². The minimum atomic E-state index is -2.48. The Hall–Kier alpha value is -3.86. The van der Waals surface area contributed by atoms with E-state index in [1.807, 2.05) is 0 Å². The molecule has 10 heteroatoms. The summed E-state index contributed by atoms with van der Waals surface area (Å²) >= 11 is 0. The monoisotopic (exact) mass is 634 g/mol. The number of esters is 3. The molecule has 0 unspecified atom stereocenters. The summed E-state index contributed by atoms with van der Waals surface area (Å²) in [7, 11) is 0. The molecule has 0 aliphatic heterocycles. The fourth-order valence-electron chi connectivity index (χ4n) is 8.69. The molecule has 3 fully saturated rings. The molecule has 3 aliphatic rings. The minimum Gasteiger partial charge on any atom is -0.455 e. The number of carbonyl (C=O) groups excluding carboxylic acids is 4. The molecule has 0 spiro atoms. The van der Waals surface area contributed by atoms with Crippen molar-refractivity contribution >= 4 is 23.7 Å². The first-order valence-corrected chi connectivity index (χ1v) is 15.5. The third-order valence-corrected chi connectivity index (χ3v) is 10.8. The predicted molar refractivity (Wildman–Crippen MR) is 165 cm³/mol. The quantitative estimate of drug-likeness (QED) is 0.243. The third kappa shape index (κ3) is 5.07. The Bertz CT molecular complexity index is 1520. The molecular weight excluding hydrogens is 592 g/mol. The van der Waals surface area contributed by atoms with Gasteiger partial charge < -0.3 is 29.5 Å². The van der Waals surface area contributed by atoms with E-state index in [1.54, 1.807) is 76.2 Å². The van der Waals surface area contributed by atoms with E-state index in [2.05, 4.69) is 6.58 Å². The van der Waals surface area contributed by atoms with Gasteiger partial charge in [-0.25, -0.2) is 9.59 Å². The van der Waals surface area contributed by atoms with E-state index in [4.69, 9.17) is 14.2 Å². The molecule has 10 atom stereocenters. The molecule has 3 saturated carbocycles. The lowest BCUT2D eigenvalue weighted by atomic mass is 9.39. The van der Waals surface area contributed by atoms with Crippen molar-refractivity contribution in [2.45, 2.75) is 83.6 Å². The number of Topliss-reactive ketones (excluding diaryl/α,β-unsaturated/α-hetero) is 1. The van der Waals surface area contributed by atoms with Gasteiger partial charge in [-0.15, -0.1) is 6.58 Å². The standard InChI is InChI=1S/C36H42O10/c1-7-34(5)19-23(38)27-35(6)24(18-25(39)36(27,43)32(34)42)33(3,4)28(45-30(40)21-14-10-8-11-15-21)26(44-20(2)37)29(35)46-31(41)22-16-12-9-13-17-22/h7-17,23-29,38-39,43H,1,18-19H2,2-6H3/t23-,24+,25-,26+,27-,28-,29+,34+,35+,36+/m1/s1. The zero-order valence-electron chi connectivity index (χ0n) is 26.7. The van der Waals surface area contributed by atoms with Gasteiger partial charge >= 0.3 is 17.9 Å². The molecule has 10 nitrogen and oxygen atoms in total. The van der Waals surface area contributed by atoms with Gasteiger partial charge in [-0.05, 0) is 49.9 Å². The van der Waals surface area contributed by atoms with Gasteiger partial charge in [-0.1, -0.05) is 63.2 Å². The van der Waals surface area contributed by atoms with E-state index in [1.165, 1.54) is 25.1 Å². The fraction of sp³-hybridized carbons (Fsp3) is 0.500. The number of carbonyl (C=O) groups is 4. The number of rotatable bonds is 6. The van der Waals surface area contributed by atoms with Crippen molar-refractivity contribution in [1.29, 1.82) is 0 Å². The van der Waals surface area contributed by atoms with Crippen LogP contribution in [0.1, 0.15) is 68.2 Å². The van der Waals surface area contributed by atoms with E-state index in [-0.39, 0.29) is 24.0 Å². The number of aliphatic hydroxyl groups is 3. The Morgan fingerprint density at radius 2 is 1.35 bits per heavy atom. The predicted octanol–water partition coefficient (Wildman–Crippen LogP) is 3.67. The highest BCUT2D eigenvalue weighted by molar-refractivity contribution is 5.96. The number of allylic oxidation sites excluding steroid dienone is 1. The number of hydrogen-bond acceptors (Lipinski definition) is 10. The summed E-state index contributed by atoms with van der Waals surface area (Å²) in [6, 6.07) is 16.3. The molecule has 0 saturated heterocycles. The van der Waals surface area contributed by atoms with Crippen LogP contribution in [0.15, 0.2) is 73.3 Å². The van der Waals surface area contributed by atoms with Crippen LogP contribution in [-0.4, -0.2) is 75.1 Å². The van der Waals surface area contributed by atoms with Crippen molar-refractivity contribution in [1.82, 2.24) is 0 Å². The molecule has 46 heavy (non-hydrogen) atoms.